The molecule has 3 nitrogen and oxygen atoms in total. The van der Waals surface area contributed by atoms with Gasteiger partial charge in [-0.3, -0.25) is 4.98 Å². The molecule has 1 unspecified atom stereocenters. The fourth-order valence-electron chi connectivity index (χ4n) is 3.41. The molecule has 5 heteroatoms. The van der Waals surface area contributed by atoms with E-state index < -0.39 is 11.5 Å². The molecule has 2 rings (SSSR count). The second-order valence-corrected chi connectivity index (χ2v) is 6.68. The number of pyridine rings is 1. The van der Waals surface area contributed by atoms with Crippen LogP contribution in [0.2, 0.25) is 0 Å². The van der Waals surface area contributed by atoms with Crippen LogP contribution in [0, 0.1) is 6.92 Å². The summed E-state index contributed by atoms with van der Waals surface area (Å²) in [5.74, 6) is 0. The zero-order chi connectivity index (χ0) is 18.8. The predicted octanol–water partition coefficient (Wildman–Crippen LogP) is 2.54. The molecule has 2 N–H and O–H groups in total. The van der Waals surface area contributed by atoms with Crippen LogP contribution in [0.5, 0.6) is 0 Å². The maximum Gasteiger partial charge on any atom is 0.105 e. The van der Waals surface area contributed by atoms with Crippen LogP contribution in [0.15, 0.2) is 24.3 Å². The topological polar surface area (TPSA) is 53.4 Å². The number of aryl methyl sites for hydroxylation is 3. The average molecular weight is 333 g/mol. The van der Waals surface area contributed by atoms with E-state index in [1.807, 2.05) is 13.0 Å². The van der Waals surface area contributed by atoms with Crippen LogP contribution in [0.25, 0.3) is 11.3 Å². The van der Waals surface area contributed by atoms with Crippen molar-refractivity contribution >= 4 is 15.7 Å². The zero-order valence-corrected chi connectivity index (χ0v) is 15.5. The number of aromatic nitrogens is 1. The molecule has 1 atom stereocenters. The molecule has 4 radical (unpaired) electrons. The van der Waals surface area contributed by atoms with Crippen molar-refractivity contribution in [2.75, 3.05) is 0 Å². The van der Waals surface area contributed by atoms with Crippen LogP contribution < -0.4 is 0 Å². The molecule has 0 saturated heterocycles. The molecule has 25 heavy (non-hydrogen) atoms. The number of hydrogen-bond acceptors (Lipinski definition) is 3. The maximum absolute atomic E-state index is 10.2. The van der Waals surface area contributed by atoms with Crippen LogP contribution in [0.3, 0.4) is 0 Å². The van der Waals surface area contributed by atoms with Gasteiger partial charge in [0.15, 0.2) is 0 Å². The molecular weight excluding hydrogens is 308 g/mol. The first kappa shape index (κ1) is 19.7. The Morgan fingerprint density at radius 1 is 1.16 bits per heavy atom. The van der Waals surface area contributed by atoms with E-state index in [0.717, 1.165) is 29.7 Å². The summed E-state index contributed by atoms with van der Waals surface area (Å²) in [6.07, 6.45) is 1.45. The predicted molar refractivity (Wildman–Crippen MR) is 104 cm³/mol. The molecule has 128 valence electrons. The van der Waals surface area contributed by atoms with Gasteiger partial charge in [0, 0.05) is 23.1 Å². The fraction of sp³-hybridized carbons (Fsp3) is 0.450. The Morgan fingerprint density at radius 2 is 1.72 bits per heavy atom. The number of rotatable bonds is 6. The van der Waals surface area contributed by atoms with Gasteiger partial charge in [0.25, 0.3) is 0 Å². The minimum atomic E-state index is -1.99. The Balaban J connectivity index is 2.75. The summed E-state index contributed by atoms with van der Waals surface area (Å²) in [7, 11) is 11.5. The Hall–Kier alpha value is -1.58. The van der Waals surface area contributed by atoms with E-state index in [2.05, 4.69) is 32.0 Å². The smallest absolute Gasteiger partial charge is 0.105 e. The van der Waals surface area contributed by atoms with Gasteiger partial charge in [-0.1, -0.05) is 32.0 Å². The summed E-state index contributed by atoms with van der Waals surface area (Å²) in [5.41, 5.74) is 6.06. The van der Waals surface area contributed by atoms with Crippen molar-refractivity contribution in [3.05, 3.63) is 52.2 Å². The largest absolute Gasteiger partial charge is 0.405 e. The Morgan fingerprint density at radius 3 is 2.16 bits per heavy atom. The molecular formula is C20H25B2NO2. The third kappa shape index (κ3) is 4.34. The molecule has 0 amide bonds. The van der Waals surface area contributed by atoms with Crippen LogP contribution in [0.4, 0.5) is 0 Å². The van der Waals surface area contributed by atoms with Crippen LogP contribution in [0.1, 0.15) is 48.7 Å². The Kier molecular flexibility index (Phi) is 6.12. The third-order valence-corrected chi connectivity index (χ3v) is 4.44. The van der Waals surface area contributed by atoms with Crippen molar-refractivity contribution < 1.29 is 10.2 Å². The highest BCUT2D eigenvalue weighted by Crippen LogP contribution is 2.32. The first-order valence-corrected chi connectivity index (χ1v) is 8.79. The quantitative estimate of drug-likeness (QED) is 0.799. The number of aliphatic hydroxyl groups is 2. The molecule has 1 aromatic carbocycles. The molecule has 0 spiro atoms. The van der Waals surface area contributed by atoms with E-state index in [0.29, 0.717) is 11.3 Å². The van der Waals surface area contributed by atoms with E-state index in [-0.39, 0.29) is 6.42 Å². The summed E-state index contributed by atoms with van der Waals surface area (Å²) in [4.78, 5) is 4.75. The van der Waals surface area contributed by atoms with Gasteiger partial charge < -0.3 is 10.2 Å². The minimum absolute atomic E-state index is 0.274. The molecule has 1 aromatic heterocycles. The molecule has 0 fully saturated rings. The van der Waals surface area contributed by atoms with Gasteiger partial charge >= 0.3 is 0 Å². The summed E-state index contributed by atoms with van der Waals surface area (Å²) in [6, 6.07) is 8.20. The normalized spacial score (nSPS) is 13.0. The minimum Gasteiger partial charge on any atom is -0.405 e. The van der Waals surface area contributed by atoms with E-state index in [4.69, 9.17) is 20.7 Å². The number of nitrogens with zero attached hydrogens (tertiary/aromatic N) is 1. The second kappa shape index (κ2) is 7.76. The van der Waals surface area contributed by atoms with Gasteiger partial charge in [0.1, 0.15) is 15.7 Å². The van der Waals surface area contributed by atoms with Crippen molar-refractivity contribution in [1.82, 2.24) is 4.98 Å². The summed E-state index contributed by atoms with van der Waals surface area (Å²) >= 11 is 0. The monoisotopic (exact) mass is 333 g/mol. The van der Waals surface area contributed by atoms with Gasteiger partial charge in [0.2, 0.25) is 0 Å². The molecule has 0 aliphatic heterocycles. The first-order chi connectivity index (χ1) is 11.7. The van der Waals surface area contributed by atoms with Gasteiger partial charge in [-0.25, -0.2) is 0 Å². The lowest BCUT2D eigenvalue weighted by atomic mass is 9.60. The lowest BCUT2D eigenvalue weighted by molar-refractivity contribution is 0.188. The molecule has 1 heterocycles. The van der Waals surface area contributed by atoms with Gasteiger partial charge in [0.05, 0.1) is 11.8 Å². The van der Waals surface area contributed by atoms with Crippen LogP contribution in [-0.2, 0) is 24.7 Å². The van der Waals surface area contributed by atoms with Gasteiger partial charge in [-0.05, 0) is 55.0 Å². The van der Waals surface area contributed by atoms with Crippen LogP contribution >= 0.6 is 0 Å². The van der Waals surface area contributed by atoms with Crippen LogP contribution in [-0.4, -0.2) is 37.0 Å². The van der Waals surface area contributed by atoms with Gasteiger partial charge in [-0.15, -0.1) is 0 Å². The summed E-state index contributed by atoms with van der Waals surface area (Å²) in [5, 5.41) is 18.0. The number of aliphatic hydroxyl groups excluding tert-OH is 1. The van der Waals surface area contributed by atoms with E-state index in [1.54, 1.807) is 6.92 Å². The molecule has 0 bridgehead atoms. The van der Waals surface area contributed by atoms with E-state index in [1.165, 1.54) is 11.1 Å². The molecule has 0 aliphatic carbocycles. The summed E-state index contributed by atoms with van der Waals surface area (Å²) in [6.45, 7) is 7.78. The van der Waals surface area contributed by atoms with Crippen molar-refractivity contribution in [1.29, 1.82) is 0 Å². The third-order valence-electron chi connectivity index (χ3n) is 4.44. The standard InChI is InChI=1S/C20H25B2NO2/c1-5-14-8-7-9-15(6-2)18(14)16-10-12(3)19(20(21,22)25)17(23-16)11-13(4)24/h7-10,13,24-25H,5-6,11H2,1-4H3. The second-order valence-electron chi connectivity index (χ2n) is 6.68. The van der Waals surface area contributed by atoms with Crippen molar-refractivity contribution in [3.63, 3.8) is 0 Å². The highest BCUT2D eigenvalue weighted by atomic mass is 16.3. The fourth-order valence-corrected chi connectivity index (χ4v) is 3.41. The lowest BCUT2D eigenvalue weighted by Crippen LogP contribution is -2.30. The Bertz CT molecular complexity index is 730. The number of benzene rings is 1. The summed E-state index contributed by atoms with van der Waals surface area (Å²) < 4.78 is 0. The number of hydrogen-bond donors (Lipinski definition) is 2. The van der Waals surface area contributed by atoms with Crippen molar-refractivity contribution in [2.45, 2.75) is 58.5 Å². The van der Waals surface area contributed by atoms with E-state index >= 15 is 0 Å². The highest BCUT2D eigenvalue weighted by molar-refractivity contribution is 6.38. The first-order valence-electron chi connectivity index (χ1n) is 8.79. The van der Waals surface area contributed by atoms with E-state index in [9.17, 15) is 10.2 Å². The maximum atomic E-state index is 10.2. The average Bonchev–Trinajstić information content (AvgIpc) is 2.51. The zero-order valence-electron chi connectivity index (χ0n) is 15.5. The highest BCUT2D eigenvalue weighted by Gasteiger charge is 2.25. The lowest BCUT2D eigenvalue weighted by Gasteiger charge is -2.26. The van der Waals surface area contributed by atoms with Gasteiger partial charge in [-0.2, -0.15) is 0 Å². The Labute approximate surface area is 153 Å². The molecule has 0 saturated carbocycles. The molecule has 0 aliphatic rings. The molecule has 2 aromatic rings. The van der Waals surface area contributed by atoms with Crippen molar-refractivity contribution in [2.24, 2.45) is 0 Å². The SMILES string of the molecule is [B]C([B])(O)c1c(C)cc(-c2c(CC)cccc2CC)nc1CC(C)O. The van der Waals surface area contributed by atoms with Crippen molar-refractivity contribution in [3.8, 4) is 11.3 Å².